The fourth-order valence-corrected chi connectivity index (χ4v) is 1.67. The number of nitrogens with zero attached hydrogens (tertiary/aromatic N) is 1. The van der Waals surface area contributed by atoms with Crippen molar-refractivity contribution in [2.45, 2.75) is 6.61 Å². The SMILES string of the molecule is N#Cc1cc(/C=C/C(=O)OCc2ccccc2)ccc1F. The first kappa shape index (κ1) is 14.5. The van der Waals surface area contributed by atoms with Crippen molar-refractivity contribution in [1.29, 1.82) is 5.26 Å². The summed E-state index contributed by atoms with van der Waals surface area (Å²) in [6.45, 7) is 0.191. The predicted molar refractivity (Wildman–Crippen MR) is 76.4 cm³/mol. The molecule has 2 rings (SSSR count). The highest BCUT2D eigenvalue weighted by Crippen LogP contribution is 2.11. The van der Waals surface area contributed by atoms with Crippen LogP contribution >= 0.6 is 0 Å². The summed E-state index contributed by atoms with van der Waals surface area (Å²) in [4.78, 5) is 11.6. The molecule has 0 spiro atoms. The van der Waals surface area contributed by atoms with E-state index in [4.69, 9.17) is 10.00 Å². The second kappa shape index (κ2) is 7.01. The third-order valence-corrected chi connectivity index (χ3v) is 2.75. The molecule has 0 heterocycles. The van der Waals surface area contributed by atoms with Crippen LogP contribution in [0.1, 0.15) is 16.7 Å². The Kier molecular flexibility index (Phi) is 4.84. The van der Waals surface area contributed by atoms with E-state index in [-0.39, 0.29) is 12.2 Å². The lowest BCUT2D eigenvalue weighted by Crippen LogP contribution is -2.00. The van der Waals surface area contributed by atoms with Crippen molar-refractivity contribution in [2.75, 3.05) is 0 Å². The molecule has 4 heteroatoms. The lowest BCUT2D eigenvalue weighted by molar-refractivity contribution is -0.138. The first-order valence-electron chi connectivity index (χ1n) is 6.27. The van der Waals surface area contributed by atoms with Crippen molar-refractivity contribution < 1.29 is 13.9 Å². The van der Waals surface area contributed by atoms with Crippen LogP contribution in [0.15, 0.2) is 54.6 Å². The van der Waals surface area contributed by atoms with E-state index in [9.17, 15) is 9.18 Å². The number of benzene rings is 2. The molecule has 0 aromatic heterocycles. The third kappa shape index (κ3) is 4.29. The standard InChI is InChI=1S/C17H12FNO2/c18-16-8-6-13(10-15(16)11-19)7-9-17(20)21-12-14-4-2-1-3-5-14/h1-10H,12H2/b9-7+. The van der Waals surface area contributed by atoms with E-state index in [2.05, 4.69) is 0 Å². The number of hydrogen-bond acceptors (Lipinski definition) is 3. The zero-order valence-electron chi connectivity index (χ0n) is 11.1. The first-order chi connectivity index (χ1) is 10.2. The summed E-state index contributed by atoms with van der Waals surface area (Å²) in [5, 5.41) is 8.72. The molecule has 0 saturated carbocycles. The molecule has 2 aromatic rings. The quantitative estimate of drug-likeness (QED) is 0.637. The molecule has 0 N–H and O–H groups in total. The number of carbonyl (C=O) groups is 1. The fourth-order valence-electron chi connectivity index (χ4n) is 1.67. The molecule has 2 aromatic carbocycles. The van der Waals surface area contributed by atoms with Crippen LogP contribution in [0.3, 0.4) is 0 Å². The summed E-state index contributed by atoms with van der Waals surface area (Å²) in [7, 11) is 0. The Hall–Kier alpha value is -2.93. The molecule has 3 nitrogen and oxygen atoms in total. The van der Waals surface area contributed by atoms with E-state index in [0.717, 1.165) is 5.56 Å². The van der Waals surface area contributed by atoms with Crippen molar-refractivity contribution in [1.82, 2.24) is 0 Å². The van der Waals surface area contributed by atoms with Gasteiger partial charge in [-0.05, 0) is 29.3 Å². The van der Waals surface area contributed by atoms with Crippen LogP contribution < -0.4 is 0 Å². The van der Waals surface area contributed by atoms with Crippen molar-refractivity contribution >= 4 is 12.0 Å². The van der Waals surface area contributed by atoms with Gasteiger partial charge in [0.25, 0.3) is 0 Å². The summed E-state index contributed by atoms with van der Waals surface area (Å²) >= 11 is 0. The zero-order chi connectivity index (χ0) is 15.1. The number of hydrogen-bond donors (Lipinski definition) is 0. The van der Waals surface area contributed by atoms with Crippen LogP contribution in [0, 0.1) is 17.1 Å². The van der Waals surface area contributed by atoms with Gasteiger partial charge in [0.15, 0.2) is 0 Å². The van der Waals surface area contributed by atoms with Gasteiger partial charge in [-0.3, -0.25) is 0 Å². The lowest BCUT2D eigenvalue weighted by atomic mass is 10.1. The van der Waals surface area contributed by atoms with Crippen LogP contribution in [0.4, 0.5) is 4.39 Å². The zero-order valence-corrected chi connectivity index (χ0v) is 11.1. The van der Waals surface area contributed by atoms with Crippen molar-refractivity contribution in [3.8, 4) is 6.07 Å². The first-order valence-corrected chi connectivity index (χ1v) is 6.27. The lowest BCUT2D eigenvalue weighted by Gasteiger charge is -2.01. The van der Waals surface area contributed by atoms with Crippen LogP contribution in [-0.2, 0) is 16.1 Å². The van der Waals surface area contributed by atoms with E-state index in [0.29, 0.717) is 5.56 Å². The summed E-state index contributed by atoms with van der Waals surface area (Å²) in [5.41, 5.74) is 1.40. The minimum absolute atomic E-state index is 0.0604. The van der Waals surface area contributed by atoms with Crippen LogP contribution in [0.5, 0.6) is 0 Å². The molecule has 21 heavy (non-hydrogen) atoms. The highest BCUT2D eigenvalue weighted by molar-refractivity contribution is 5.87. The molecule has 0 fully saturated rings. The molecule has 0 aliphatic carbocycles. The molecule has 104 valence electrons. The Bertz CT molecular complexity index is 702. The Balaban J connectivity index is 1.95. The summed E-state index contributed by atoms with van der Waals surface area (Å²) < 4.78 is 18.2. The molecular weight excluding hydrogens is 269 g/mol. The van der Waals surface area contributed by atoms with E-state index >= 15 is 0 Å². The highest BCUT2D eigenvalue weighted by Gasteiger charge is 2.02. The van der Waals surface area contributed by atoms with Gasteiger partial charge in [-0.1, -0.05) is 36.4 Å². The maximum atomic E-state index is 13.1. The number of rotatable bonds is 4. The summed E-state index contributed by atoms with van der Waals surface area (Å²) in [6.07, 6.45) is 2.73. The Labute approximate surface area is 121 Å². The average Bonchev–Trinajstić information content (AvgIpc) is 2.53. The van der Waals surface area contributed by atoms with Gasteiger partial charge in [0.05, 0.1) is 5.56 Å². The van der Waals surface area contributed by atoms with Gasteiger partial charge in [-0.25, -0.2) is 9.18 Å². The van der Waals surface area contributed by atoms with Gasteiger partial charge in [0.1, 0.15) is 18.5 Å². The molecule has 0 unspecified atom stereocenters. The van der Waals surface area contributed by atoms with Crippen LogP contribution in [0.2, 0.25) is 0 Å². The number of halogens is 1. The van der Waals surface area contributed by atoms with Crippen molar-refractivity contribution in [3.63, 3.8) is 0 Å². The van der Waals surface area contributed by atoms with E-state index in [1.165, 1.54) is 30.4 Å². The third-order valence-electron chi connectivity index (χ3n) is 2.75. The van der Waals surface area contributed by atoms with Gasteiger partial charge < -0.3 is 4.74 Å². The normalized spacial score (nSPS) is 10.3. The van der Waals surface area contributed by atoms with Crippen molar-refractivity contribution in [3.05, 3.63) is 77.1 Å². The molecule has 0 aliphatic rings. The number of esters is 1. The van der Waals surface area contributed by atoms with E-state index in [1.54, 1.807) is 6.07 Å². The van der Waals surface area contributed by atoms with Gasteiger partial charge in [-0.15, -0.1) is 0 Å². The fraction of sp³-hybridized carbons (Fsp3) is 0.0588. The second-order valence-electron chi connectivity index (χ2n) is 4.28. The topological polar surface area (TPSA) is 50.1 Å². The van der Waals surface area contributed by atoms with Crippen LogP contribution in [-0.4, -0.2) is 5.97 Å². The predicted octanol–water partition coefficient (Wildman–Crippen LogP) is 3.45. The Morgan fingerprint density at radius 3 is 2.71 bits per heavy atom. The Morgan fingerprint density at radius 2 is 2.00 bits per heavy atom. The second-order valence-corrected chi connectivity index (χ2v) is 4.28. The largest absolute Gasteiger partial charge is 0.458 e. The van der Waals surface area contributed by atoms with Gasteiger partial charge in [-0.2, -0.15) is 5.26 Å². The summed E-state index contributed by atoms with van der Waals surface area (Å²) in [5.74, 6) is -1.08. The number of carbonyl (C=O) groups excluding carboxylic acids is 1. The Morgan fingerprint density at radius 1 is 1.24 bits per heavy atom. The maximum absolute atomic E-state index is 13.1. The molecule has 0 amide bonds. The molecule has 0 radical (unpaired) electrons. The van der Waals surface area contributed by atoms with Gasteiger partial charge >= 0.3 is 5.97 Å². The van der Waals surface area contributed by atoms with E-state index in [1.807, 2.05) is 30.3 Å². The molecule has 0 saturated heterocycles. The number of ether oxygens (including phenoxy) is 1. The maximum Gasteiger partial charge on any atom is 0.331 e. The molecule has 0 bridgehead atoms. The molecule has 0 atom stereocenters. The van der Waals surface area contributed by atoms with E-state index < -0.39 is 11.8 Å². The van der Waals surface area contributed by atoms with Crippen molar-refractivity contribution in [2.24, 2.45) is 0 Å². The molecule has 0 aliphatic heterocycles. The number of nitriles is 1. The van der Waals surface area contributed by atoms with Gasteiger partial charge in [0, 0.05) is 6.08 Å². The highest BCUT2D eigenvalue weighted by atomic mass is 19.1. The molecular formula is C17H12FNO2. The smallest absolute Gasteiger partial charge is 0.331 e. The van der Waals surface area contributed by atoms with Gasteiger partial charge in [0.2, 0.25) is 0 Å². The average molecular weight is 281 g/mol. The minimum Gasteiger partial charge on any atom is -0.458 e. The summed E-state index contributed by atoms with van der Waals surface area (Å²) in [6, 6.07) is 15.1. The van der Waals surface area contributed by atoms with Crippen LogP contribution in [0.25, 0.3) is 6.08 Å². The minimum atomic E-state index is -0.582. The monoisotopic (exact) mass is 281 g/mol.